The lowest BCUT2D eigenvalue weighted by atomic mass is 10.2. The number of rotatable bonds is 6. The molecule has 114 valence electrons. The van der Waals surface area contributed by atoms with Crippen LogP contribution in [0, 0.1) is 0 Å². The van der Waals surface area contributed by atoms with Gasteiger partial charge in [0.2, 0.25) is 0 Å². The zero-order valence-corrected chi connectivity index (χ0v) is 12.9. The molecule has 0 bridgehead atoms. The monoisotopic (exact) mass is 317 g/mol. The molecule has 1 N–H and O–H groups in total. The highest BCUT2D eigenvalue weighted by molar-refractivity contribution is 6.31. The SMILES string of the molecule is Cn1ncc2ncnc(NCCOCc3ccccc3Cl)c21. The minimum absolute atomic E-state index is 0.492. The average molecular weight is 318 g/mol. The van der Waals surface area contributed by atoms with Crippen LogP contribution < -0.4 is 5.32 Å². The van der Waals surface area contributed by atoms with Crippen LogP contribution >= 0.6 is 11.6 Å². The molecule has 0 atom stereocenters. The van der Waals surface area contributed by atoms with Gasteiger partial charge in [0.05, 0.1) is 19.4 Å². The van der Waals surface area contributed by atoms with Crippen molar-refractivity contribution in [3.05, 3.63) is 47.4 Å². The number of nitrogens with zero attached hydrogens (tertiary/aromatic N) is 4. The number of aryl methyl sites for hydroxylation is 1. The molecule has 0 fully saturated rings. The maximum atomic E-state index is 6.08. The van der Waals surface area contributed by atoms with E-state index in [-0.39, 0.29) is 0 Å². The molecule has 0 aliphatic carbocycles. The summed E-state index contributed by atoms with van der Waals surface area (Å²) in [4.78, 5) is 8.43. The molecule has 6 nitrogen and oxygen atoms in total. The molecule has 0 saturated heterocycles. The zero-order valence-electron chi connectivity index (χ0n) is 12.2. The Labute approximate surface area is 133 Å². The van der Waals surface area contributed by atoms with E-state index in [2.05, 4.69) is 20.4 Å². The van der Waals surface area contributed by atoms with Crippen molar-refractivity contribution in [2.75, 3.05) is 18.5 Å². The third kappa shape index (κ3) is 3.18. The third-order valence-corrected chi connectivity index (χ3v) is 3.65. The number of nitrogens with one attached hydrogen (secondary N) is 1. The number of hydrogen-bond donors (Lipinski definition) is 1. The van der Waals surface area contributed by atoms with Crippen molar-refractivity contribution in [1.29, 1.82) is 0 Å². The third-order valence-electron chi connectivity index (χ3n) is 3.28. The van der Waals surface area contributed by atoms with Gasteiger partial charge in [-0.1, -0.05) is 29.8 Å². The smallest absolute Gasteiger partial charge is 0.155 e. The second-order valence-corrected chi connectivity index (χ2v) is 5.20. The summed E-state index contributed by atoms with van der Waals surface area (Å²) in [6.45, 7) is 1.68. The predicted molar refractivity (Wildman–Crippen MR) is 85.9 cm³/mol. The Kier molecular flexibility index (Phi) is 4.50. The van der Waals surface area contributed by atoms with E-state index in [4.69, 9.17) is 16.3 Å². The Balaban J connectivity index is 1.53. The summed E-state index contributed by atoms with van der Waals surface area (Å²) in [5.41, 5.74) is 2.69. The molecule has 3 aromatic rings. The van der Waals surface area contributed by atoms with E-state index in [1.54, 1.807) is 10.9 Å². The highest BCUT2D eigenvalue weighted by atomic mass is 35.5. The van der Waals surface area contributed by atoms with E-state index in [0.29, 0.717) is 19.8 Å². The Hall–Kier alpha value is -2.18. The van der Waals surface area contributed by atoms with Crippen LogP contribution in [0.5, 0.6) is 0 Å². The Bertz CT molecular complexity index is 773. The van der Waals surface area contributed by atoms with Crippen molar-refractivity contribution in [2.45, 2.75) is 6.61 Å². The molecule has 3 rings (SSSR count). The normalized spacial score (nSPS) is 11.0. The van der Waals surface area contributed by atoms with Crippen LogP contribution in [0.2, 0.25) is 5.02 Å². The molecule has 22 heavy (non-hydrogen) atoms. The van der Waals surface area contributed by atoms with E-state index in [1.807, 2.05) is 31.3 Å². The number of aromatic nitrogens is 4. The number of fused-ring (bicyclic) bond motifs is 1. The Morgan fingerprint density at radius 2 is 2.14 bits per heavy atom. The van der Waals surface area contributed by atoms with E-state index >= 15 is 0 Å². The zero-order chi connectivity index (χ0) is 15.4. The number of halogens is 1. The van der Waals surface area contributed by atoms with E-state index < -0.39 is 0 Å². The summed E-state index contributed by atoms with van der Waals surface area (Å²) in [6, 6.07) is 7.67. The minimum atomic E-state index is 0.492. The standard InChI is InChI=1S/C15H16ClN5O/c1-21-14-13(8-20-21)18-10-19-15(14)17-6-7-22-9-11-4-2-3-5-12(11)16/h2-5,8,10H,6-7,9H2,1H3,(H,17,18,19). The van der Waals surface area contributed by atoms with Crippen LogP contribution in [0.25, 0.3) is 11.0 Å². The molecule has 0 unspecified atom stereocenters. The van der Waals surface area contributed by atoms with Crippen LogP contribution in [0.4, 0.5) is 5.82 Å². The molecule has 2 heterocycles. The second-order valence-electron chi connectivity index (χ2n) is 4.80. The highest BCUT2D eigenvalue weighted by Gasteiger charge is 2.07. The first-order valence-electron chi connectivity index (χ1n) is 6.93. The van der Waals surface area contributed by atoms with Crippen molar-refractivity contribution in [3.63, 3.8) is 0 Å². The summed E-state index contributed by atoms with van der Waals surface area (Å²) >= 11 is 6.08. The lowest BCUT2D eigenvalue weighted by Crippen LogP contribution is -2.11. The number of hydrogen-bond acceptors (Lipinski definition) is 5. The van der Waals surface area contributed by atoms with Gasteiger partial charge in [-0.2, -0.15) is 5.10 Å². The fraction of sp³-hybridized carbons (Fsp3) is 0.267. The van der Waals surface area contributed by atoms with Crippen LogP contribution in [0.1, 0.15) is 5.56 Å². The van der Waals surface area contributed by atoms with Crippen molar-refractivity contribution >= 4 is 28.5 Å². The van der Waals surface area contributed by atoms with E-state index in [1.165, 1.54) is 6.33 Å². The lowest BCUT2D eigenvalue weighted by Gasteiger charge is -2.09. The molecule has 1 aromatic carbocycles. The molecular formula is C15H16ClN5O. The van der Waals surface area contributed by atoms with Gasteiger partial charge in [-0.05, 0) is 11.6 Å². The predicted octanol–water partition coefficient (Wildman–Crippen LogP) is 2.65. The fourth-order valence-corrected chi connectivity index (χ4v) is 2.36. The summed E-state index contributed by atoms with van der Waals surface area (Å²) in [5, 5.41) is 8.15. The van der Waals surface area contributed by atoms with Gasteiger partial charge in [0.25, 0.3) is 0 Å². The molecular weight excluding hydrogens is 302 g/mol. The van der Waals surface area contributed by atoms with Crippen molar-refractivity contribution in [3.8, 4) is 0 Å². The van der Waals surface area contributed by atoms with Gasteiger partial charge < -0.3 is 10.1 Å². The van der Waals surface area contributed by atoms with E-state index in [0.717, 1.165) is 27.4 Å². The van der Waals surface area contributed by atoms with Gasteiger partial charge in [-0.3, -0.25) is 4.68 Å². The quantitative estimate of drug-likeness (QED) is 0.708. The van der Waals surface area contributed by atoms with Gasteiger partial charge in [0.1, 0.15) is 17.4 Å². The van der Waals surface area contributed by atoms with Gasteiger partial charge in [0, 0.05) is 18.6 Å². The fourth-order valence-electron chi connectivity index (χ4n) is 2.17. The first-order valence-corrected chi connectivity index (χ1v) is 7.31. The minimum Gasteiger partial charge on any atom is -0.375 e. The van der Waals surface area contributed by atoms with Crippen LogP contribution in [-0.4, -0.2) is 32.9 Å². The van der Waals surface area contributed by atoms with Crippen LogP contribution in [0.3, 0.4) is 0 Å². The summed E-state index contributed by atoms with van der Waals surface area (Å²) in [5.74, 6) is 0.756. The average Bonchev–Trinajstić information content (AvgIpc) is 2.91. The Morgan fingerprint density at radius 3 is 3.00 bits per heavy atom. The maximum absolute atomic E-state index is 6.08. The maximum Gasteiger partial charge on any atom is 0.155 e. The van der Waals surface area contributed by atoms with Gasteiger partial charge in [-0.25, -0.2) is 9.97 Å². The topological polar surface area (TPSA) is 64.9 Å². The molecule has 0 aliphatic rings. The highest BCUT2D eigenvalue weighted by Crippen LogP contribution is 2.17. The first-order chi connectivity index (χ1) is 10.8. The molecule has 0 spiro atoms. The molecule has 0 amide bonds. The van der Waals surface area contributed by atoms with Crippen molar-refractivity contribution in [1.82, 2.24) is 19.7 Å². The number of anilines is 1. The van der Waals surface area contributed by atoms with Gasteiger partial charge >= 0.3 is 0 Å². The molecule has 0 aliphatic heterocycles. The molecule has 7 heteroatoms. The van der Waals surface area contributed by atoms with Crippen molar-refractivity contribution < 1.29 is 4.74 Å². The summed E-state index contributed by atoms with van der Waals surface area (Å²) in [6.07, 6.45) is 3.24. The molecule has 0 radical (unpaired) electrons. The van der Waals surface area contributed by atoms with Gasteiger partial charge in [-0.15, -0.1) is 0 Å². The number of ether oxygens (including phenoxy) is 1. The van der Waals surface area contributed by atoms with Crippen LogP contribution in [0.15, 0.2) is 36.8 Å². The number of benzene rings is 1. The summed E-state index contributed by atoms with van der Waals surface area (Å²) in [7, 11) is 1.87. The van der Waals surface area contributed by atoms with E-state index in [9.17, 15) is 0 Å². The van der Waals surface area contributed by atoms with Crippen LogP contribution in [-0.2, 0) is 18.4 Å². The molecule has 2 aromatic heterocycles. The Morgan fingerprint density at radius 1 is 1.27 bits per heavy atom. The summed E-state index contributed by atoms with van der Waals surface area (Å²) < 4.78 is 7.39. The second kappa shape index (κ2) is 6.72. The lowest BCUT2D eigenvalue weighted by molar-refractivity contribution is 0.130. The first kappa shape index (κ1) is 14.7. The molecule has 0 saturated carbocycles. The van der Waals surface area contributed by atoms with Gasteiger partial charge in [0.15, 0.2) is 5.82 Å². The van der Waals surface area contributed by atoms with Crippen molar-refractivity contribution in [2.24, 2.45) is 7.05 Å². The largest absolute Gasteiger partial charge is 0.375 e.